The molecule has 0 unspecified atom stereocenters. The molecule has 238 valence electrons. The van der Waals surface area contributed by atoms with Crippen LogP contribution in [0.5, 0.6) is 0 Å². The first kappa shape index (κ1) is 29.7. The Balaban J connectivity index is 1.23. The van der Waals surface area contributed by atoms with Crippen LogP contribution in [0.15, 0.2) is 53.7 Å². The highest BCUT2D eigenvalue weighted by Crippen LogP contribution is 2.35. The molecule has 46 heavy (non-hydrogen) atoms. The number of nitrogens with zero attached hydrogens (tertiary/aromatic N) is 6. The zero-order valence-corrected chi connectivity index (χ0v) is 26.2. The van der Waals surface area contributed by atoms with E-state index in [1.165, 1.54) is 22.7 Å². The van der Waals surface area contributed by atoms with Crippen LogP contribution in [-0.2, 0) is 42.6 Å². The van der Waals surface area contributed by atoms with Crippen LogP contribution in [-0.4, -0.2) is 63.7 Å². The van der Waals surface area contributed by atoms with E-state index < -0.39 is 5.97 Å². The van der Waals surface area contributed by atoms with Crippen LogP contribution >= 0.6 is 0 Å². The number of fused-ring (bicyclic) bond motifs is 3. The summed E-state index contributed by atoms with van der Waals surface area (Å²) in [4.78, 5) is 52.4. The molecular weight excluding hydrogens is 584 g/mol. The molecule has 12 nitrogen and oxygen atoms in total. The highest BCUT2D eigenvalue weighted by Gasteiger charge is 2.32. The van der Waals surface area contributed by atoms with Crippen molar-refractivity contribution in [1.29, 1.82) is 0 Å². The van der Waals surface area contributed by atoms with Gasteiger partial charge in [0.25, 0.3) is 11.5 Å². The van der Waals surface area contributed by atoms with E-state index in [0.29, 0.717) is 52.8 Å². The van der Waals surface area contributed by atoms with Crippen LogP contribution < -0.4 is 26.0 Å². The monoisotopic (exact) mass is 622 g/mol. The van der Waals surface area contributed by atoms with E-state index in [0.717, 1.165) is 57.5 Å². The van der Waals surface area contributed by atoms with Crippen molar-refractivity contribution in [3.63, 3.8) is 0 Å². The first-order valence-electron chi connectivity index (χ1n) is 15.9. The maximum atomic E-state index is 13.9. The Morgan fingerprint density at radius 3 is 2.63 bits per heavy atom. The first-order chi connectivity index (χ1) is 22.4. The van der Waals surface area contributed by atoms with Crippen molar-refractivity contribution in [2.75, 3.05) is 47.8 Å². The normalized spacial score (nSPS) is 16.2. The number of anilines is 4. The number of piperazine rings is 1. The first-order valence-corrected chi connectivity index (χ1v) is 15.9. The van der Waals surface area contributed by atoms with E-state index in [2.05, 4.69) is 30.1 Å². The fourth-order valence-corrected chi connectivity index (χ4v) is 6.80. The number of hydrogen-bond acceptors (Lipinski definition) is 9. The minimum atomic E-state index is -0.439. The number of esters is 1. The van der Waals surface area contributed by atoms with Crippen LogP contribution in [0.4, 0.5) is 23.0 Å². The van der Waals surface area contributed by atoms with E-state index in [1.54, 1.807) is 30.4 Å². The lowest BCUT2D eigenvalue weighted by Gasteiger charge is -2.31. The van der Waals surface area contributed by atoms with E-state index in [4.69, 9.17) is 4.74 Å². The van der Waals surface area contributed by atoms with Crippen molar-refractivity contribution in [3.8, 4) is 11.1 Å². The van der Waals surface area contributed by atoms with Crippen molar-refractivity contribution in [3.05, 3.63) is 81.8 Å². The van der Waals surface area contributed by atoms with Gasteiger partial charge in [0, 0.05) is 82.5 Å². The molecule has 6 heterocycles. The summed E-state index contributed by atoms with van der Waals surface area (Å²) in [7, 11) is 1.69. The summed E-state index contributed by atoms with van der Waals surface area (Å²) >= 11 is 0. The Labute approximate surface area is 267 Å². The number of ether oxygens (including phenoxy) is 1. The molecule has 0 radical (unpaired) electrons. The van der Waals surface area contributed by atoms with Crippen LogP contribution in [0.1, 0.15) is 47.1 Å². The molecule has 0 saturated carbocycles. The number of aryl methyl sites for hydroxylation is 2. The Morgan fingerprint density at radius 2 is 1.85 bits per heavy atom. The van der Waals surface area contributed by atoms with E-state index >= 15 is 0 Å². The SMILES string of the molecule is CC(=O)OCc1c(-c2cc(Nc3ccc(N4CCNCC4)cn3)c(=O)n(C)c2)ccnc1N1CCn2c(cc3c2CCCC3)C1=O. The van der Waals surface area contributed by atoms with Crippen LogP contribution in [0.2, 0.25) is 0 Å². The minimum Gasteiger partial charge on any atom is -0.461 e. The highest BCUT2D eigenvalue weighted by molar-refractivity contribution is 6.06. The van der Waals surface area contributed by atoms with E-state index in [-0.39, 0.29) is 18.1 Å². The molecule has 3 aliphatic rings. The lowest BCUT2D eigenvalue weighted by Crippen LogP contribution is -2.43. The number of rotatable bonds is 7. The fraction of sp³-hybridized carbons (Fsp3) is 0.382. The van der Waals surface area contributed by atoms with Gasteiger partial charge in [0.15, 0.2) is 0 Å². The number of nitrogens with one attached hydrogen (secondary N) is 2. The third-order valence-corrected chi connectivity index (χ3v) is 9.11. The Hall–Kier alpha value is -4.97. The third kappa shape index (κ3) is 5.64. The van der Waals surface area contributed by atoms with Gasteiger partial charge in [-0.1, -0.05) is 0 Å². The van der Waals surface area contributed by atoms with Crippen LogP contribution in [0.25, 0.3) is 11.1 Å². The molecule has 12 heteroatoms. The van der Waals surface area contributed by atoms with Crippen molar-refractivity contribution in [2.45, 2.75) is 45.8 Å². The molecule has 7 rings (SSSR count). The molecule has 0 spiro atoms. The largest absolute Gasteiger partial charge is 0.461 e. The molecular formula is C34H38N8O4. The topological polar surface area (TPSA) is 127 Å². The van der Waals surface area contributed by atoms with Crippen molar-refractivity contribution >= 4 is 34.9 Å². The average molecular weight is 623 g/mol. The second-order valence-electron chi connectivity index (χ2n) is 12.1. The zero-order valence-electron chi connectivity index (χ0n) is 26.2. The molecule has 4 aromatic heterocycles. The number of amides is 1. The van der Waals surface area contributed by atoms with Gasteiger partial charge in [-0.25, -0.2) is 9.97 Å². The van der Waals surface area contributed by atoms with Crippen molar-refractivity contribution < 1.29 is 14.3 Å². The lowest BCUT2D eigenvalue weighted by molar-refractivity contribution is -0.142. The number of hydrogen-bond donors (Lipinski definition) is 2. The molecule has 1 amide bonds. The van der Waals surface area contributed by atoms with Gasteiger partial charge in [-0.05, 0) is 67.1 Å². The standard InChI is InChI=1S/C34H38N8O4/c1-22(43)46-21-27-26(9-10-36-32(27)42-16-15-41-29-6-4-3-5-23(29)18-30(41)34(42)45)24-17-28(33(44)39(2)20-24)38-31-8-7-25(19-37-31)40-13-11-35-12-14-40/h7-10,17-20,35H,3-6,11-16,21H2,1-2H3,(H,37,38). The summed E-state index contributed by atoms with van der Waals surface area (Å²) in [5, 5.41) is 6.55. The van der Waals surface area contributed by atoms with Gasteiger partial charge >= 0.3 is 5.97 Å². The summed E-state index contributed by atoms with van der Waals surface area (Å²) in [6.45, 7) is 6.09. The van der Waals surface area contributed by atoms with Gasteiger partial charge in [0.05, 0.1) is 11.9 Å². The zero-order chi connectivity index (χ0) is 31.8. The molecule has 2 aliphatic heterocycles. The van der Waals surface area contributed by atoms with Crippen LogP contribution in [0.3, 0.4) is 0 Å². The molecule has 1 aliphatic carbocycles. The molecule has 1 saturated heterocycles. The number of carbonyl (C=O) groups excluding carboxylic acids is 2. The van der Waals surface area contributed by atoms with E-state index in [1.807, 2.05) is 30.5 Å². The Morgan fingerprint density at radius 1 is 1.02 bits per heavy atom. The average Bonchev–Trinajstić information content (AvgIpc) is 3.46. The second-order valence-corrected chi connectivity index (χ2v) is 12.1. The van der Waals surface area contributed by atoms with Gasteiger partial charge < -0.3 is 29.4 Å². The summed E-state index contributed by atoms with van der Waals surface area (Å²) in [5.74, 6) is 0.439. The van der Waals surface area contributed by atoms with Gasteiger partial charge in [-0.3, -0.25) is 19.3 Å². The van der Waals surface area contributed by atoms with Gasteiger partial charge in [0.1, 0.15) is 29.6 Å². The summed E-state index contributed by atoms with van der Waals surface area (Å²) < 4.78 is 9.18. The van der Waals surface area contributed by atoms with Crippen LogP contribution in [0, 0.1) is 0 Å². The number of aromatic nitrogens is 4. The van der Waals surface area contributed by atoms with E-state index in [9.17, 15) is 14.4 Å². The van der Waals surface area contributed by atoms with Gasteiger partial charge in [-0.2, -0.15) is 0 Å². The fourth-order valence-electron chi connectivity index (χ4n) is 6.80. The molecule has 1 fully saturated rings. The van der Waals surface area contributed by atoms with Gasteiger partial charge in [0.2, 0.25) is 0 Å². The summed E-state index contributed by atoms with van der Waals surface area (Å²) in [5.41, 5.74) is 6.38. The second kappa shape index (κ2) is 12.4. The lowest BCUT2D eigenvalue weighted by atomic mass is 9.98. The predicted molar refractivity (Wildman–Crippen MR) is 176 cm³/mol. The summed E-state index contributed by atoms with van der Waals surface area (Å²) in [6, 6.07) is 9.50. The quantitative estimate of drug-likeness (QED) is 0.298. The molecule has 0 bridgehead atoms. The molecule has 0 atom stereocenters. The van der Waals surface area contributed by atoms with Gasteiger partial charge in [-0.15, -0.1) is 0 Å². The van der Waals surface area contributed by atoms with Crippen molar-refractivity contribution in [1.82, 2.24) is 24.4 Å². The highest BCUT2D eigenvalue weighted by atomic mass is 16.5. The number of carbonyl (C=O) groups is 2. The maximum absolute atomic E-state index is 13.9. The van der Waals surface area contributed by atoms with Crippen molar-refractivity contribution in [2.24, 2.45) is 7.05 Å². The smallest absolute Gasteiger partial charge is 0.302 e. The third-order valence-electron chi connectivity index (χ3n) is 9.11. The molecule has 4 aromatic rings. The predicted octanol–water partition coefficient (Wildman–Crippen LogP) is 3.40. The molecule has 2 N–H and O–H groups in total. The summed E-state index contributed by atoms with van der Waals surface area (Å²) in [6.07, 6.45) is 9.47. The molecule has 0 aromatic carbocycles. The Kier molecular flexibility index (Phi) is 8.03. The minimum absolute atomic E-state index is 0.0736. The number of pyridine rings is 3. The Bertz CT molecular complexity index is 1860. The maximum Gasteiger partial charge on any atom is 0.302 e.